The SMILES string of the molecule is Cc1oc(Cl)c(C)c1C. The molecule has 0 N–H and O–H groups in total. The van der Waals surface area contributed by atoms with Crippen LogP contribution in [0.2, 0.25) is 5.22 Å². The van der Waals surface area contributed by atoms with E-state index in [9.17, 15) is 0 Å². The minimum absolute atomic E-state index is 0.519. The summed E-state index contributed by atoms with van der Waals surface area (Å²) < 4.78 is 5.11. The molecule has 0 aliphatic heterocycles. The predicted molar refractivity (Wildman–Crippen MR) is 37.9 cm³/mol. The molecule has 0 aliphatic carbocycles. The smallest absolute Gasteiger partial charge is 0.196 e. The third-order valence-electron chi connectivity index (χ3n) is 1.63. The molecular formula is C7H9ClO. The number of hydrogen-bond acceptors (Lipinski definition) is 1. The maximum atomic E-state index is 5.67. The van der Waals surface area contributed by atoms with Gasteiger partial charge in [0, 0.05) is 5.56 Å². The normalized spacial score (nSPS) is 10.2. The Hall–Kier alpha value is -0.430. The lowest BCUT2D eigenvalue weighted by atomic mass is 10.2. The molecule has 2 heteroatoms. The van der Waals surface area contributed by atoms with E-state index in [1.54, 1.807) is 0 Å². The van der Waals surface area contributed by atoms with Crippen LogP contribution in [0.1, 0.15) is 16.9 Å². The van der Waals surface area contributed by atoms with Crippen molar-refractivity contribution in [1.29, 1.82) is 0 Å². The third kappa shape index (κ3) is 0.969. The lowest BCUT2D eigenvalue weighted by Crippen LogP contribution is -1.72. The number of furan rings is 1. The number of aryl methyl sites for hydroxylation is 1. The van der Waals surface area contributed by atoms with Crippen LogP contribution < -0.4 is 0 Å². The summed E-state index contributed by atoms with van der Waals surface area (Å²) >= 11 is 5.67. The molecule has 1 aromatic rings. The monoisotopic (exact) mass is 144 g/mol. The summed E-state index contributed by atoms with van der Waals surface area (Å²) in [6.07, 6.45) is 0. The average Bonchev–Trinajstić information content (AvgIpc) is 1.98. The molecular weight excluding hydrogens is 136 g/mol. The highest BCUT2D eigenvalue weighted by molar-refractivity contribution is 6.29. The van der Waals surface area contributed by atoms with Gasteiger partial charge >= 0.3 is 0 Å². The van der Waals surface area contributed by atoms with Gasteiger partial charge in [0.05, 0.1) is 0 Å². The fourth-order valence-corrected chi connectivity index (χ4v) is 0.956. The van der Waals surface area contributed by atoms with E-state index < -0.39 is 0 Å². The van der Waals surface area contributed by atoms with Gasteiger partial charge in [-0.05, 0) is 37.9 Å². The Balaban J connectivity index is 3.29. The molecule has 1 heterocycles. The molecule has 0 amide bonds. The fourth-order valence-electron chi connectivity index (χ4n) is 0.699. The van der Waals surface area contributed by atoms with Gasteiger partial charge in [0.25, 0.3) is 0 Å². The van der Waals surface area contributed by atoms with Gasteiger partial charge in [-0.2, -0.15) is 0 Å². The van der Waals surface area contributed by atoms with E-state index in [1.807, 2.05) is 20.8 Å². The molecule has 0 saturated heterocycles. The maximum absolute atomic E-state index is 5.67. The molecule has 0 aromatic carbocycles. The molecule has 0 spiro atoms. The molecule has 9 heavy (non-hydrogen) atoms. The van der Waals surface area contributed by atoms with Crippen LogP contribution in [0.5, 0.6) is 0 Å². The summed E-state index contributed by atoms with van der Waals surface area (Å²) in [4.78, 5) is 0. The molecule has 0 radical (unpaired) electrons. The van der Waals surface area contributed by atoms with Gasteiger partial charge in [0.1, 0.15) is 5.76 Å². The van der Waals surface area contributed by atoms with Crippen molar-refractivity contribution < 1.29 is 4.42 Å². The minimum Gasteiger partial charge on any atom is -0.449 e. The van der Waals surface area contributed by atoms with Crippen LogP contribution in [0.4, 0.5) is 0 Å². The van der Waals surface area contributed by atoms with E-state index in [1.165, 1.54) is 0 Å². The summed E-state index contributed by atoms with van der Waals surface area (Å²) in [6.45, 7) is 5.86. The Bertz CT molecular complexity index is 203. The van der Waals surface area contributed by atoms with Gasteiger partial charge in [-0.3, -0.25) is 0 Å². The average molecular weight is 145 g/mol. The summed E-state index contributed by atoms with van der Waals surface area (Å²) in [6, 6.07) is 0. The van der Waals surface area contributed by atoms with Crippen LogP contribution in [0, 0.1) is 20.8 Å². The molecule has 0 bridgehead atoms. The first kappa shape index (κ1) is 6.69. The standard InChI is InChI=1S/C7H9ClO/c1-4-5(2)7(8)9-6(4)3/h1-3H3. The minimum atomic E-state index is 0.519. The van der Waals surface area contributed by atoms with E-state index >= 15 is 0 Å². The summed E-state index contributed by atoms with van der Waals surface area (Å²) in [5.41, 5.74) is 2.20. The summed E-state index contributed by atoms with van der Waals surface area (Å²) in [5.74, 6) is 0.914. The van der Waals surface area contributed by atoms with Gasteiger partial charge in [0.15, 0.2) is 5.22 Å². The van der Waals surface area contributed by atoms with Gasteiger partial charge in [-0.15, -0.1) is 0 Å². The van der Waals surface area contributed by atoms with Crippen molar-refractivity contribution in [3.63, 3.8) is 0 Å². The van der Waals surface area contributed by atoms with Crippen LogP contribution in [0.3, 0.4) is 0 Å². The zero-order valence-corrected chi connectivity index (χ0v) is 6.54. The second-order valence-corrected chi connectivity index (χ2v) is 2.53. The molecule has 50 valence electrons. The lowest BCUT2D eigenvalue weighted by molar-refractivity contribution is 0.532. The molecule has 1 aromatic heterocycles. The summed E-state index contributed by atoms with van der Waals surface area (Å²) in [7, 11) is 0. The number of hydrogen-bond donors (Lipinski definition) is 0. The van der Waals surface area contributed by atoms with Gasteiger partial charge in [0.2, 0.25) is 0 Å². The highest BCUT2D eigenvalue weighted by Gasteiger charge is 2.06. The van der Waals surface area contributed by atoms with E-state index in [4.69, 9.17) is 16.0 Å². The largest absolute Gasteiger partial charge is 0.449 e. The Morgan fingerprint density at radius 1 is 1.11 bits per heavy atom. The van der Waals surface area contributed by atoms with Crippen molar-refractivity contribution >= 4 is 11.6 Å². The molecule has 1 nitrogen and oxygen atoms in total. The van der Waals surface area contributed by atoms with Gasteiger partial charge in [-0.1, -0.05) is 0 Å². The first-order valence-corrected chi connectivity index (χ1v) is 3.23. The Morgan fingerprint density at radius 3 is 1.78 bits per heavy atom. The zero-order valence-electron chi connectivity index (χ0n) is 5.79. The molecule has 0 aliphatic rings. The van der Waals surface area contributed by atoms with Crippen LogP contribution in [0.15, 0.2) is 4.42 Å². The van der Waals surface area contributed by atoms with Crippen molar-refractivity contribution in [2.45, 2.75) is 20.8 Å². The highest BCUT2D eigenvalue weighted by atomic mass is 35.5. The molecule has 0 unspecified atom stereocenters. The lowest BCUT2D eigenvalue weighted by Gasteiger charge is -1.84. The van der Waals surface area contributed by atoms with Crippen molar-refractivity contribution in [3.05, 3.63) is 22.1 Å². The number of rotatable bonds is 0. The Kier molecular flexibility index (Phi) is 1.54. The first-order valence-electron chi connectivity index (χ1n) is 2.85. The van der Waals surface area contributed by atoms with Crippen LogP contribution >= 0.6 is 11.6 Å². The Morgan fingerprint density at radius 2 is 1.67 bits per heavy atom. The van der Waals surface area contributed by atoms with E-state index in [0.29, 0.717) is 5.22 Å². The first-order chi connectivity index (χ1) is 4.13. The maximum Gasteiger partial charge on any atom is 0.196 e. The quantitative estimate of drug-likeness (QED) is 0.546. The predicted octanol–water partition coefficient (Wildman–Crippen LogP) is 2.86. The van der Waals surface area contributed by atoms with Gasteiger partial charge < -0.3 is 4.42 Å². The van der Waals surface area contributed by atoms with E-state index in [0.717, 1.165) is 16.9 Å². The topological polar surface area (TPSA) is 13.1 Å². The van der Waals surface area contributed by atoms with E-state index in [2.05, 4.69) is 0 Å². The molecule has 1 rings (SSSR count). The van der Waals surface area contributed by atoms with Crippen LogP contribution in [-0.4, -0.2) is 0 Å². The van der Waals surface area contributed by atoms with Crippen molar-refractivity contribution in [3.8, 4) is 0 Å². The molecule has 0 fully saturated rings. The van der Waals surface area contributed by atoms with Crippen molar-refractivity contribution in [1.82, 2.24) is 0 Å². The molecule has 0 atom stereocenters. The highest BCUT2D eigenvalue weighted by Crippen LogP contribution is 2.23. The second kappa shape index (κ2) is 2.07. The second-order valence-electron chi connectivity index (χ2n) is 2.18. The van der Waals surface area contributed by atoms with Crippen LogP contribution in [-0.2, 0) is 0 Å². The Labute approximate surface area is 59.6 Å². The van der Waals surface area contributed by atoms with Crippen molar-refractivity contribution in [2.75, 3.05) is 0 Å². The van der Waals surface area contributed by atoms with Crippen LogP contribution in [0.25, 0.3) is 0 Å². The molecule has 0 saturated carbocycles. The zero-order chi connectivity index (χ0) is 7.02. The van der Waals surface area contributed by atoms with E-state index in [-0.39, 0.29) is 0 Å². The third-order valence-corrected chi connectivity index (χ3v) is 1.99. The van der Waals surface area contributed by atoms with Crippen molar-refractivity contribution in [2.24, 2.45) is 0 Å². The number of halogens is 1. The van der Waals surface area contributed by atoms with Gasteiger partial charge in [-0.25, -0.2) is 0 Å². The fraction of sp³-hybridized carbons (Fsp3) is 0.429. The summed E-state index contributed by atoms with van der Waals surface area (Å²) in [5, 5.41) is 0.519.